The lowest BCUT2D eigenvalue weighted by atomic mass is 9.80. The summed E-state index contributed by atoms with van der Waals surface area (Å²) in [6.07, 6.45) is 0. The first kappa shape index (κ1) is 30.7. The Morgan fingerprint density at radius 2 is 0.963 bits per heavy atom. The minimum atomic E-state index is -0.203. The zero-order chi connectivity index (χ0) is 36.0. The number of aromatic nitrogens is 3. The molecular formula is C50H33N3O. The number of fused-ring (bicyclic) bond motifs is 10. The summed E-state index contributed by atoms with van der Waals surface area (Å²) in [6.45, 7) is 4.70. The van der Waals surface area contributed by atoms with E-state index in [4.69, 9.17) is 19.4 Å². The Morgan fingerprint density at radius 3 is 1.69 bits per heavy atom. The van der Waals surface area contributed by atoms with E-state index in [2.05, 4.69) is 111 Å². The molecule has 0 N–H and O–H groups in total. The van der Waals surface area contributed by atoms with Crippen LogP contribution in [0.5, 0.6) is 0 Å². The van der Waals surface area contributed by atoms with Gasteiger partial charge in [0.25, 0.3) is 0 Å². The van der Waals surface area contributed by atoms with E-state index >= 15 is 0 Å². The fraction of sp³-hybridized carbons (Fsp3) is 0.0600. The van der Waals surface area contributed by atoms with Gasteiger partial charge in [0.15, 0.2) is 17.5 Å². The topological polar surface area (TPSA) is 51.8 Å². The van der Waals surface area contributed by atoms with Crippen molar-refractivity contribution in [3.05, 3.63) is 175 Å². The molecule has 10 aromatic rings. The highest BCUT2D eigenvalue weighted by Crippen LogP contribution is 2.55. The second kappa shape index (κ2) is 11.5. The average Bonchev–Trinajstić information content (AvgIpc) is 3.72. The van der Waals surface area contributed by atoms with Crippen LogP contribution in [0.3, 0.4) is 0 Å². The van der Waals surface area contributed by atoms with Crippen molar-refractivity contribution in [2.24, 2.45) is 0 Å². The van der Waals surface area contributed by atoms with E-state index in [-0.39, 0.29) is 5.41 Å². The van der Waals surface area contributed by atoms with Crippen LogP contribution in [0.2, 0.25) is 0 Å². The molecule has 0 fully saturated rings. The van der Waals surface area contributed by atoms with Gasteiger partial charge in [-0.3, -0.25) is 0 Å². The Morgan fingerprint density at radius 1 is 0.407 bits per heavy atom. The van der Waals surface area contributed by atoms with Crippen LogP contribution < -0.4 is 0 Å². The maximum Gasteiger partial charge on any atom is 0.164 e. The van der Waals surface area contributed by atoms with Crippen LogP contribution in [0.4, 0.5) is 0 Å². The molecule has 0 bridgehead atoms. The Kier molecular flexibility index (Phi) is 6.56. The normalized spacial score (nSPS) is 13.1. The second-order valence-corrected chi connectivity index (χ2v) is 14.7. The molecule has 0 amide bonds. The van der Waals surface area contributed by atoms with Gasteiger partial charge in [-0.1, -0.05) is 153 Å². The van der Waals surface area contributed by atoms with E-state index in [1.165, 1.54) is 38.6 Å². The lowest BCUT2D eigenvalue weighted by molar-refractivity contribution is 0.660. The zero-order valence-corrected chi connectivity index (χ0v) is 29.8. The zero-order valence-electron chi connectivity index (χ0n) is 29.8. The monoisotopic (exact) mass is 691 g/mol. The van der Waals surface area contributed by atoms with Gasteiger partial charge in [-0.05, 0) is 73.8 Å². The van der Waals surface area contributed by atoms with Gasteiger partial charge in [0.1, 0.15) is 11.2 Å². The quantitative estimate of drug-likeness (QED) is 0.184. The summed E-state index contributed by atoms with van der Waals surface area (Å²) >= 11 is 0. The second-order valence-electron chi connectivity index (χ2n) is 14.7. The summed E-state index contributed by atoms with van der Waals surface area (Å²) in [5.74, 6) is 1.94. The van der Waals surface area contributed by atoms with E-state index < -0.39 is 0 Å². The Balaban J connectivity index is 1.20. The molecule has 1 aliphatic carbocycles. The lowest BCUT2D eigenvalue weighted by Gasteiger charge is -2.23. The Bertz CT molecular complexity index is 3070. The predicted molar refractivity (Wildman–Crippen MR) is 221 cm³/mol. The molecule has 0 atom stereocenters. The summed E-state index contributed by atoms with van der Waals surface area (Å²) in [6, 6.07) is 57.6. The smallest absolute Gasteiger partial charge is 0.164 e. The van der Waals surface area contributed by atoms with Gasteiger partial charge in [-0.15, -0.1) is 0 Å². The maximum absolute atomic E-state index is 6.80. The Labute approximate surface area is 312 Å². The molecule has 0 radical (unpaired) electrons. The van der Waals surface area contributed by atoms with Gasteiger partial charge in [0.2, 0.25) is 0 Å². The van der Waals surface area contributed by atoms with E-state index in [0.29, 0.717) is 17.5 Å². The molecule has 4 heteroatoms. The molecule has 11 rings (SSSR count). The number of benzene rings is 8. The van der Waals surface area contributed by atoms with Crippen molar-refractivity contribution < 1.29 is 4.42 Å². The van der Waals surface area contributed by atoms with Crippen molar-refractivity contribution >= 4 is 43.5 Å². The molecule has 0 aliphatic heterocycles. The summed E-state index contributed by atoms with van der Waals surface area (Å²) in [7, 11) is 0. The SMILES string of the molecule is CC1(C)c2ccccc2-c2c1cc(-c1ccc(-c3nc(-c4ccccc4)nc(-c4ccccc4)n3)c3ccccc13)c1ccc3c4ccccc4oc3c21. The third kappa shape index (κ3) is 4.47. The average molecular weight is 692 g/mol. The maximum atomic E-state index is 6.80. The number of para-hydroxylation sites is 1. The highest BCUT2D eigenvalue weighted by Gasteiger charge is 2.38. The van der Waals surface area contributed by atoms with Crippen LogP contribution in [0.25, 0.3) is 99.9 Å². The van der Waals surface area contributed by atoms with Crippen molar-refractivity contribution in [2.45, 2.75) is 19.3 Å². The first-order chi connectivity index (χ1) is 26.5. The van der Waals surface area contributed by atoms with Crippen LogP contribution in [0.15, 0.2) is 168 Å². The summed E-state index contributed by atoms with van der Waals surface area (Å²) in [5.41, 5.74) is 12.0. The number of rotatable bonds is 4. The molecule has 0 spiro atoms. The molecule has 54 heavy (non-hydrogen) atoms. The fourth-order valence-electron chi connectivity index (χ4n) is 8.74. The molecule has 4 nitrogen and oxygen atoms in total. The van der Waals surface area contributed by atoms with Gasteiger partial charge in [-0.25, -0.2) is 15.0 Å². The largest absolute Gasteiger partial charge is 0.455 e. The highest BCUT2D eigenvalue weighted by atomic mass is 16.3. The van der Waals surface area contributed by atoms with Gasteiger partial charge in [0, 0.05) is 38.3 Å². The molecule has 0 saturated heterocycles. The molecule has 1 aliphatic rings. The van der Waals surface area contributed by atoms with Gasteiger partial charge >= 0.3 is 0 Å². The third-order valence-corrected chi connectivity index (χ3v) is 11.3. The fourth-order valence-corrected chi connectivity index (χ4v) is 8.74. The summed E-state index contributed by atoms with van der Waals surface area (Å²) in [4.78, 5) is 15.2. The predicted octanol–water partition coefficient (Wildman–Crippen LogP) is 13.1. The van der Waals surface area contributed by atoms with Crippen LogP contribution in [-0.2, 0) is 5.41 Å². The Hall–Kier alpha value is -6.91. The highest BCUT2D eigenvalue weighted by molar-refractivity contribution is 6.24. The molecule has 254 valence electrons. The van der Waals surface area contributed by atoms with Gasteiger partial charge in [0.05, 0.1) is 0 Å². The van der Waals surface area contributed by atoms with E-state index in [1.54, 1.807) is 0 Å². The van der Waals surface area contributed by atoms with E-state index in [9.17, 15) is 0 Å². The van der Waals surface area contributed by atoms with E-state index in [1.807, 2.05) is 66.7 Å². The molecule has 2 heterocycles. The minimum Gasteiger partial charge on any atom is -0.455 e. The first-order valence-electron chi connectivity index (χ1n) is 18.5. The van der Waals surface area contributed by atoms with Gasteiger partial charge < -0.3 is 4.42 Å². The van der Waals surface area contributed by atoms with Crippen molar-refractivity contribution in [3.8, 4) is 56.4 Å². The molecule has 0 unspecified atom stereocenters. The van der Waals surface area contributed by atoms with E-state index in [0.717, 1.165) is 55.0 Å². The molecule has 0 saturated carbocycles. The van der Waals surface area contributed by atoms with Crippen LogP contribution in [0, 0.1) is 0 Å². The third-order valence-electron chi connectivity index (χ3n) is 11.3. The van der Waals surface area contributed by atoms with Crippen molar-refractivity contribution in [1.29, 1.82) is 0 Å². The summed E-state index contributed by atoms with van der Waals surface area (Å²) < 4.78 is 6.80. The lowest BCUT2D eigenvalue weighted by Crippen LogP contribution is -2.15. The minimum absolute atomic E-state index is 0.203. The molecular weight excluding hydrogens is 659 g/mol. The van der Waals surface area contributed by atoms with Crippen LogP contribution in [-0.4, -0.2) is 15.0 Å². The molecule has 8 aromatic carbocycles. The van der Waals surface area contributed by atoms with Gasteiger partial charge in [-0.2, -0.15) is 0 Å². The first-order valence-corrected chi connectivity index (χ1v) is 18.5. The number of nitrogens with zero attached hydrogens (tertiary/aromatic N) is 3. The van der Waals surface area contributed by atoms with Crippen molar-refractivity contribution in [2.75, 3.05) is 0 Å². The number of hydrogen-bond donors (Lipinski definition) is 0. The van der Waals surface area contributed by atoms with Crippen LogP contribution >= 0.6 is 0 Å². The number of furan rings is 1. The van der Waals surface area contributed by atoms with Crippen molar-refractivity contribution in [1.82, 2.24) is 15.0 Å². The number of hydrogen-bond acceptors (Lipinski definition) is 4. The standard InChI is InChI=1S/C50H33N3O/c1-50(2)41-23-13-11-22-39(41)44-42(50)29-40(36-26-27-37-35-21-12-14-24-43(35)54-46(37)45(36)44)34-25-28-38(33-20-10-9-19-32(33)34)49-52-47(30-15-5-3-6-16-30)51-48(53-49)31-17-7-4-8-18-31/h3-29H,1-2H3. The van der Waals surface area contributed by atoms with Crippen molar-refractivity contribution in [3.63, 3.8) is 0 Å². The molecule has 2 aromatic heterocycles. The summed E-state index contributed by atoms with van der Waals surface area (Å²) in [5, 5.41) is 6.83. The van der Waals surface area contributed by atoms with Crippen LogP contribution in [0.1, 0.15) is 25.0 Å².